The van der Waals surface area contributed by atoms with E-state index in [-0.39, 0.29) is 24.8 Å². The number of hydrogen-bond donors (Lipinski definition) is 3. The Balaban J connectivity index is 1.98. The molecule has 0 aliphatic rings. The van der Waals surface area contributed by atoms with E-state index in [0.717, 1.165) is 0 Å². The van der Waals surface area contributed by atoms with Crippen molar-refractivity contribution in [3.8, 4) is 5.75 Å². The molecule has 0 aromatic heterocycles. The van der Waals surface area contributed by atoms with E-state index < -0.39 is 11.7 Å². The van der Waals surface area contributed by atoms with Crippen molar-refractivity contribution in [2.75, 3.05) is 26.2 Å². The van der Waals surface area contributed by atoms with Gasteiger partial charge >= 0.3 is 6.09 Å². The van der Waals surface area contributed by atoms with Gasteiger partial charge in [-0.1, -0.05) is 23.7 Å². The molecule has 8 nitrogen and oxygen atoms in total. The molecule has 0 aliphatic carbocycles. The van der Waals surface area contributed by atoms with Gasteiger partial charge < -0.3 is 25.4 Å². The van der Waals surface area contributed by atoms with Gasteiger partial charge in [-0.15, -0.1) is 0 Å². The second-order valence-corrected chi connectivity index (χ2v) is 8.02. The molecule has 0 saturated heterocycles. The predicted molar refractivity (Wildman–Crippen MR) is 116 cm³/mol. The van der Waals surface area contributed by atoms with Gasteiger partial charge in [0.15, 0.2) is 0 Å². The van der Waals surface area contributed by atoms with Crippen molar-refractivity contribution >= 4 is 29.5 Å². The number of carbonyl (C=O) groups is 3. The minimum absolute atomic E-state index is 0.0642. The third-order valence-corrected chi connectivity index (χ3v) is 3.97. The van der Waals surface area contributed by atoms with Crippen LogP contribution < -0.4 is 20.7 Å². The molecule has 3 N–H and O–H groups in total. The summed E-state index contributed by atoms with van der Waals surface area (Å²) in [6.07, 6.45) is 1.17. The minimum Gasteiger partial charge on any atom is -0.492 e. The lowest BCUT2D eigenvalue weighted by molar-refractivity contribution is -0.121. The van der Waals surface area contributed by atoms with Crippen LogP contribution in [0.5, 0.6) is 5.75 Å². The van der Waals surface area contributed by atoms with Gasteiger partial charge in [0.25, 0.3) is 0 Å². The molecule has 0 unspecified atom stereocenters. The summed E-state index contributed by atoms with van der Waals surface area (Å²) in [5.41, 5.74) is -0.570. The molecule has 0 atom stereocenters. The quantitative estimate of drug-likeness (QED) is 0.432. The topological polar surface area (TPSA) is 106 Å². The Kier molecular flexibility index (Phi) is 11.7. The fourth-order valence-corrected chi connectivity index (χ4v) is 2.48. The molecule has 30 heavy (non-hydrogen) atoms. The lowest BCUT2D eigenvalue weighted by Crippen LogP contribution is -2.35. The molecule has 1 aromatic rings. The first-order chi connectivity index (χ1) is 14.2. The van der Waals surface area contributed by atoms with E-state index in [4.69, 9.17) is 21.1 Å². The van der Waals surface area contributed by atoms with Crippen molar-refractivity contribution in [2.24, 2.45) is 0 Å². The van der Waals surface area contributed by atoms with Crippen LogP contribution in [0.2, 0.25) is 5.02 Å². The summed E-state index contributed by atoms with van der Waals surface area (Å²) < 4.78 is 10.6. The largest absolute Gasteiger partial charge is 0.492 e. The molecule has 0 bridgehead atoms. The maximum atomic E-state index is 11.8. The van der Waals surface area contributed by atoms with Crippen molar-refractivity contribution in [3.63, 3.8) is 0 Å². The molecule has 0 radical (unpaired) electrons. The van der Waals surface area contributed by atoms with E-state index in [2.05, 4.69) is 16.0 Å². The van der Waals surface area contributed by atoms with Crippen LogP contribution in [0.3, 0.4) is 0 Å². The van der Waals surface area contributed by atoms with Gasteiger partial charge in [-0.05, 0) is 45.7 Å². The normalized spacial score (nSPS) is 10.8. The summed E-state index contributed by atoms with van der Waals surface area (Å²) in [4.78, 5) is 35.0. The zero-order valence-corrected chi connectivity index (χ0v) is 18.6. The number of ether oxygens (including phenoxy) is 2. The average molecular weight is 442 g/mol. The lowest BCUT2D eigenvalue weighted by Gasteiger charge is -2.19. The van der Waals surface area contributed by atoms with Crippen molar-refractivity contribution in [3.05, 3.63) is 29.3 Å². The third kappa shape index (κ3) is 12.9. The van der Waals surface area contributed by atoms with Gasteiger partial charge in [0.2, 0.25) is 11.8 Å². The Morgan fingerprint density at radius 1 is 0.900 bits per heavy atom. The third-order valence-electron chi connectivity index (χ3n) is 3.66. The number of rotatable bonds is 12. The zero-order valence-electron chi connectivity index (χ0n) is 17.9. The highest BCUT2D eigenvalue weighted by Crippen LogP contribution is 2.23. The first-order valence-electron chi connectivity index (χ1n) is 10.0. The Labute approximate surface area is 183 Å². The second-order valence-electron chi connectivity index (χ2n) is 7.61. The van der Waals surface area contributed by atoms with Crippen molar-refractivity contribution in [1.82, 2.24) is 16.0 Å². The summed E-state index contributed by atoms with van der Waals surface area (Å²) in [5.74, 6) is 0.372. The lowest BCUT2D eigenvalue weighted by atomic mass is 10.2. The molecule has 3 amide bonds. The Morgan fingerprint density at radius 3 is 2.17 bits per heavy atom. The van der Waals surface area contributed by atoms with E-state index >= 15 is 0 Å². The predicted octanol–water partition coefficient (Wildman–Crippen LogP) is 3.04. The van der Waals surface area contributed by atoms with E-state index in [1.807, 2.05) is 12.1 Å². The Morgan fingerprint density at radius 2 is 1.53 bits per heavy atom. The zero-order chi connectivity index (χ0) is 22.4. The van der Waals surface area contributed by atoms with Crippen molar-refractivity contribution in [2.45, 2.75) is 52.1 Å². The molecular weight excluding hydrogens is 410 g/mol. The number of halogens is 1. The molecule has 168 valence electrons. The van der Waals surface area contributed by atoms with Gasteiger partial charge in [0.1, 0.15) is 11.4 Å². The van der Waals surface area contributed by atoms with Gasteiger partial charge in [-0.2, -0.15) is 0 Å². The average Bonchev–Trinajstić information content (AvgIpc) is 2.64. The number of benzene rings is 1. The van der Waals surface area contributed by atoms with Crippen LogP contribution in [-0.4, -0.2) is 49.7 Å². The van der Waals surface area contributed by atoms with Crippen LogP contribution >= 0.6 is 11.6 Å². The fraction of sp³-hybridized carbons (Fsp3) is 0.571. The highest BCUT2D eigenvalue weighted by Gasteiger charge is 2.15. The SMILES string of the molecule is CC(C)(C)OC(=O)NCCC(=O)NCCCNC(=O)CCCOc1ccccc1Cl. The molecule has 0 spiro atoms. The first kappa shape index (κ1) is 25.6. The number of carbonyl (C=O) groups excluding carboxylic acids is 3. The summed E-state index contributed by atoms with van der Waals surface area (Å²) in [6.45, 7) is 6.84. The Hall–Kier alpha value is -2.48. The van der Waals surface area contributed by atoms with E-state index in [1.54, 1.807) is 32.9 Å². The van der Waals surface area contributed by atoms with Crippen molar-refractivity contribution < 1.29 is 23.9 Å². The number of amides is 3. The smallest absolute Gasteiger partial charge is 0.407 e. The maximum Gasteiger partial charge on any atom is 0.407 e. The van der Waals surface area contributed by atoms with E-state index in [9.17, 15) is 14.4 Å². The first-order valence-corrected chi connectivity index (χ1v) is 10.4. The molecule has 0 saturated carbocycles. The van der Waals surface area contributed by atoms with Gasteiger partial charge in [-0.3, -0.25) is 9.59 Å². The van der Waals surface area contributed by atoms with Crippen molar-refractivity contribution in [1.29, 1.82) is 0 Å². The summed E-state index contributed by atoms with van der Waals surface area (Å²) >= 11 is 5.99. The van der Waals surface area contributed by atoms with Crippen LogP contribution in [0.1, 0.15) is 46.5 Å². The Bertz CT molecular complexity index is 691. The van der Waals surface area contributed by atoms with E-state index in [1.165, 1.54) is 0 Å². The monoisotopic (exact) mass is 441 g/mol. The molecule has 0 aliphatic heterocycles. The summed E-state index contributed by atoms with van der Waals surface area (Å²) in [5, 5.41) is 8.61. The minimum atomic E-state index is -0.570. The second kappa shape index (κ2) is 13.7. The van der Waals surface area contributed by atoms with Crippen LogP contribution in [0.4, 0.5) is 4.79 Å². The summed E-state index contributed by atoms with van der Waals surface area (Å²) in [6, 6.07) is 7.19. The van der Waals surface area contributed by atoms with Gasteiger partial charge in [-0.25, -0.2) is 4.79 Å². The van der Waals surface area contributed by atoms with Crippen LogP contribution in [-0.2, 0) is 14.3 Å². The number of hydrogen-bond acceptors (Lipinski definition) is 5. The van der Waals surface area contributed by atoms with Gasteiger partial charge in [0, 0.05) is 32.5 Å². The number of alkyl carbamates (subject to hydrolysis) is 1. The van der Waals surface area contributed by atoms with Crippen LogP contribution in [0, 0.1) is 0 Å². The highest BCUT2D eigenvalue weighted by molar-refractivity contribution is 6.32. The van der Waals surface area contributed by atoms with Gasteiger partial charge in [0.05, 0.1) is 11.6 Å². The molecule has 0 fully saturated rings. The molecule has 1 aromatic carbocycles. The number of nitrogens with one attached hydrogen (secondary N) is 3. The van der Waals surface area contributed by atoms with Crippen LogP contribution in [0.25, 0.3) is 0 Å². The standard InChI is InChI=1S/C21H32ClN3O5/c1-21(2,3)30-20(28)25-14-11-19(27)24-13-7-12-23-18(26)10-6-15-29-17-9-5-4-8-16(17)22/h4-5,8-9H,6-7,10-15H2,1-3H3,(H,23,26)(H,24,27)(H,25,28). The fourth-order valence-electron chi connectivity index (χ4n) is 2.29. The number of para-hydroxylation sites is 1. The highest BCUT2D eigenvalue weighted by atomic mass is 35.5. The molecule has 0 heterocycles. The molecular formula is C21H32ClN3O5. The van der Waals surface area contributed by atoms with Crippen LogP contribution in [0.15, 0.2) is 24.3 Å². The summed E-state index contributed by atoms with van der Waals surface area (Å²) in [7, 11) is 0. The van der Waals surface area contributed by atoms with E-state index in [0.29, 0.717) is 49.7 Å². The molecule has 9 heteroatoms. The molecule has 1 rings (SSSR count). The maximum absolute atomic E-state index is 11.8.